The molecule has 3 amide bonds. The van der Waals surface area contributed by atoms with E-state index >= 15 is 0 Å². The zero-order valence-electron chi connectivity index (χ0n) is 26.0. The number of benzene rings is 3. The first-order valence-corrected chi connectivity index (χ1v) is 15.1. The second kappa shape index (κ2) is 13.5. The van der Waals surface area contributed by atoms with Gasteiger partial charge in [-0.05, 0) is 80.1 Å². The molecule has 0 spiro atoms. The number of nitrogens with zero attached hydrogens (tertiary/aromatic N) is 3. The number of alkyl halides is 2. The number of likely N-dealkylation sites (tertiary alicyclic amines) is 1. The number of amides is 3. The smallest absolute Gasteiger partial charge is 0.387 e. The number of aryl methyl sites for hydroxylation is 1. The number of ether oxygens (including phenoxy) is 1. The van der Waals surface area contributed by atoms with Crippen molar-refractivity contribution in [1.82, 2.24) is 14.7 Å². The van der Waals surface area contributed by atoms with E-state index in [0.29, 0.717) is 30.4 Å². The van der Waals surface area contributed by atoms with Crippen molar-refractivity contribution in [1.29, 1.82) is 0 Å². The lowest BCUT2D eigenvalue weighted by Gasteiger charge is -2.32. The summed E-state index contributed by atoms with van der Waals surface area (Å²) in [4.78, 5) is 28.1. The predicted octanol–water partition coefficient (Wildman–Crippen LogP) is 7.82. The molecule has 10 heteroatoms. The summed E-state index contributed by atoms with van der Waals surface area (Å²) in [5.74, 6) is 0.800. The third kappa shape index (κ3) is 8.06. The van der Waals surface area contributed by atoms with Gasteiger partial charge >= 0.3 is 12.6 Å². The van der Waals surface area contributed by atoms with Gasteiger partial charge < -0.3 is 15.0 Å². The Labute approximate surface area is 262 Å². The molecule has 5 rings (SSSR count). The number of hydrogen-bond donors (Lipinski definition) is 2. The molecule has 236 valence electrons. The van der Waals surface area contributed by atoms with Gasteiger partial charge in [0.1, 0.15) is 11.6 Å². The molecule has 1 saturated heterocycles. The van der Waals surface area contributed by atoms with E-state index in [1.807, 2.05) is 61.5 Å². The molecule has 4 aromatic rings. The summed E-state index contributed by atoms with van der Waals surface area (Å²) in [6, 6.07) is 23.1. The molecule has 3 aromatic carbocycles. The van der Waals surface area contributed by atoms with Crippen LogP contribution in [0.5, 0.6) is 5.75 Å². The molecule has 45 heavy (non-hydrogen) atoms. The molecule has 2 heterocycles. The second-order valence-corrected chi connectivity index (χ2v) is 12.5. The normalized spacial score (nSPS) is 14.0. The zero-order chi connectivity index (χ0) is 32.1. The van der Waals surface area contributed by atoms with Gasteiger partial charge in [-0.25, -0.2) is 9.48 Å². The predicted molar refractivity (Wildman–Crippen MR) is 171 cm³/mol. The van der Waals surface area contributed by atoms with Crippen LogP contribution in [-0.2, 0) is 11.8 Å². The number of aromatic nitrogens is 2. The molecule has 0 radical (unpaired) electrons. The van der Waals surface area contributed by atoms with Crippen LogP contribution in [0.1, 0.15) is 60.8 Å². The van der Waals surface area contributed by atoms with Gasteiger partial charge in [-0.3, -0.25) is 10.1 Å². The number of carbonyl (C=O) groups excluding carboxylic acids is 2. The zero-order valence-corrected chi connectivity index (χ0v) is 26.0. The highest BCUT2D eigenvalue weighted by atomic mass is 19.3. The van der Waals surface area contributed by atoms with Crippen LogP contribution >= 0.6 is 0 Å². The third-order valence-corrected chi connectivity index (χ3v) is 8.00. The molecule has 0 aliphatic carbocycles. The maximum atomic E-state index is 13.3. The van der Waals surface area contributed by atoms with Gasteiger partial charge in [0.2, 0.25) is 0 Å². The molecule has 0 bridgehead atoms. The number of rotatable bonds is 8. The van der Waals surface area contributed by atoms with Gasteiger partial charge in [0.25, 0.3) is 5.91 Å². The van der Waals surface area contributed by atoms with E-state index in [9.17, 15) is 18.4 Å². The lowest BCUT2D eigenvalue weighted by molar-refractivity contribution is -0.0498. The van der Waals surface area contributed by atoms with Crippen molar-refractivity contribution in [3.05, 3.63) is 101 Å². The van der Waals surface area contributed by atoms with E-state index in [1.165, 1.54) is 24.3 Å². The van der Waals surface area contributed by atoms with Gasteiger partial charge in [0, 0.05) is 35.8 Å². The van der Waals surface area contributed by atoms with E-state index in [0.717, 1.165) is 47.5 Å². The average Bonchev–Trinajstić information content (AvgIpc) is 3.43. The third-order valence-electron chi connectivity index (χ3n) is 8.00. The van der Waals surface area contributed by atoms with E-state index < -0.39 is 6.61 Å². The van der Waals surface area contributed by atoms with Gasteiger partial charge in [0.15, 0.2) is 0 Å². The SMILES string of the molecule is Cc1ccc(-n2nc(C(C)(C)C)cc2NC(=O)Nc2ccccc2CC2CCN(C(=O)c3ccc(OC(F)F)cc3)CC2)cc1. The minimum atomic E-state index is -2.91. The molecule has 8 nitrogen and oxygen atoms in total. The van der Waals surface area contributed by atoms with Crippen LogP contribution in [0.2, 0.25) is 0 Å². The summed E-state index contributed by atoms with van der Waals surface area (Å²) < 4.78 is 31.0. The molecule has 1 aromatic heterocycles. The topological polar surface area (TPSA) is 88.5 Å². The molecule has 1 aliphatic heterocycles. The maximum Gasteiger partial charge on any atom is 0.387 e. The number of anilines is 2. The lowest BCUT2D eigenvalue weighted by atomic mass is 9.89. The Morgan fingerprint density at radius 2 is 1.62 bits per heavy atom. The molecule has 1 fully saturated rings. The largest absolute Gasteiger partial charge is 0.435 e. The standard InChI is InChI=1S/C35H39F2N5O3/c1-23-9-13-27(14-10-23)42-31(22-30(40-42)35(2,3)4)39-34(44)38-29-8-6-5-7-26(29)21-24-17-19-41(20-18-24)32(43)25-11-15-28(16-12-25)45-33(36)37/h5-16,22,24,33H,17-21H2,1-4H3,(H2,38,39,44). The van der Waals surface area contributed by atoms with E-state index in [1.54, 1.807) is 9.58 Å². The van der Waals surface area contributed by atoms with Crippen molar-refractivity contribution in [3.8, 4) is 11.4 Å². The number of hydrogen-bond acceptors (Lipinski definition) is 4. The Balaban J connectivity index is 1.21. The fraction of sp³-hybridized carbons (Fsp3) is 0.343. The fourth-order valence-corrected chi connectivity index (χ4v) is 5.42. The quantitative estimate of drug-likeness (QED) is 0.212. The van der Waals surface area contributed by atoms with Crippen molar-refractivity contribution in [3.63, 3.8) is 0 Å². The monoisotopic (exact) mass is 615 g/mol. The maximum absolute atomic E-state index is 13.3. The van der Waals surface area contributed by atoms with Crippen molar-refractivity contribution >= 4 is 23.4 Å². The Morgan fingerprint density at radius 1 is 0.956 bits per heavy atom. The van der Waals surface area contributed by atoms with Gasteiger partial charge in [-0.15, -0.1) is 0 Å². The summed E-state index contributed by atoms with van der Waals surface area (Å²) in [5, 5.41) is 10.8. The molecular weight excluding hydrogens is 576 g/mol. The summed E-state index contributed by atoms with van der Waals surface area (Å²) >= 11 is 0. The van der Waals surface area contributed by atoms with Crippen molar-refractivity contribution in [2.24, 2.45) is 5.92 Å². The highest BCUT2D eigenvalue weighted by Gasteiger charge is 2.25. The second-order valence-electron chi connectivity index (χ2n) is 12.5. The van der Waals surface area contributed by atoms with Crippen LogP contribution < -0.4 is 15.4 Å². The summed E-state index contributed by atoms with van der Waals surface area (Å²) in [7, 11) is 0. The van der Waals surface area contributed by atoms with E-state index in [2.05, 4.69) is 36.1 Å². The first-order chi connectivity index (χ1) is 21.5. The molecule has 0 atom stereocenters. The van der Waals surface area contributed by atoms with Gasteiger partial charge in [0.05, 0.1) is 11.4 Å². The van der Waals surface area contributed by atoms with Crippen LogP contribution in [0, 0.1) is 12.8 Å². The number of nitrogens with one attached hydrogen (secondary N) is 2. The number of piperidine rings is 1. The Kier molecular flexibility index (Phi) is 9.51. The van der Waals surface area contributed by atoms with Crippen LogP contribution in [0.25, 0.3) is 5.69 Å². The lowest BCUT2D eigenvalue weighted by Crippen LogP contribution is -2.39. The molecule has 0 saturated carbocycles. The Hall–Kier alpha value is -4.73. The number of carbonyl (C=O) groups is 2. The fourth-order valence-electron chi connectivity index (χ4n) is 5.42. The molecule has 0 unspecified atom stereocenters. The van der Waals surface area contributed by atoms with E-state index in [4.69, 9.17) is 5.10 Å². The summed E-state index contributed by atoms with van der Waals surface area (Å²) in [6.45, 7) is 6.55. The highest BCUT2D eigenvalue weighted by molar-refractivity contribution is 6.00. The van der Waals surface area contributed by atoms with Crippen molar-refractivity contribution in [2.75, 3.05) is 23.7 Å². The van der Waals surface area contributed by atoms with Crippen LogP contribution in [0.15, 0.2) is 78.9 Å². The first kappa shape index (κ1) is 31.7. The summed E-state index contributed by atoms with van der Waals surface area (Å²) in [6.07, 6.45) is 2.38. The van der Waals surface area contributed by atoms with Crippen LogP contribution in [-0.4, -0.2) is 46.3 Å². The van der Waals surface area contributed by atoms with Gasteiger partial charge in [-0.2, -0.15) is 13.9 Å². The van der Waals surface area contributed by atoms with Crippen molar-refractivity contribution in [2.45, 2.75) is 59.0 Å². The Morgan fingerprint density at radius 3 is 2.27 bits per heavy atom. The van der Waals surface area contributed by atoms with Crippen molar-refractivity contribution < 1.29 is 23.1 Å². The highest BCUT2D eigenvalue weighted by Crippen LogP contribution is 2.29. The molecule has 2 N–H and O–H groups in total. The number of para-hydroxylation sites is 1. The van der Waals surface area contributed by atoms with Gasteiger partial charge in [-0.1, -0.05) is 56.7 Å². The molecular formula is C35H39F2N5O3. The number of halogens is 2. The molecule has 1 aliphatic rings. The van der Waals surface area contributed by atoms with E-state index in [-0.39, 0.29) is 23.1 Å². The minimum Gasteiger partial charge on any atom is -0.435 e. The Bertz CT molecular complexity index is 1620. The number of urea groups is 1. The average molecular weight is 616 g/mol. The first-order valence-electron chi connectivity index (χ1n) is 15.1. The van der Waals surface area contributed by atoms with Crippen LogP contribution in [0.3, 0.4) is 0 Å². The van der Waals surface area contributed by atoms with Crippen LogP contribution in [0.4, 0.5) is 25.1 Å². The summed E-state index contributed by atoms with van der Waals surface area (Å²) in [5.41, 5.74) is 4.85. The minimum absolute atomic E-state index is 0.0211.